The van der Waals surface area contributed by atoms with Crippen LogP contribution >= 0.6 is 0 Å². The van der Waals surface area contributed by atoms with E-state index >= 15 is 0 Å². The lowest BCUT2D eigenvalue weighted by atomic mass is 9.92. The van der Waals surface area contributed by atoms with Crippen molar-refractivity contribution in [2.45, 2.75) is 39.3 Å². The highest BCUT2D eigenvalue weighted by Crippen LogP contribution is 2.46. The lowest BCUT2D eigenvalue weighted by molar-refractivity contribution is -0.138. The van der Waals surface area contributed by atoms with Crippen molar-refractivity contribution in [2.75, 3.05) is 5.32 Å². The third-order valence-corrected chi connectivity index (χ3v) is 5.87. The Hall–Kier alpha value is -3.25. The third-order valence-electron chi connectivity index (χ3n) is 5.87. The molecule has 3 aromatic rings. The zero-order chi connectivity index (χ0) is 22.1. The number of aliphatic carboxylic acids is 1. The molecule has 1 heterocycles. The summed E-state index contributed by atoms with van der Waals surface area (Å²) in [6.07, 6.45) is 2.29. The molecule has 2 aromatic carbocycles. The minimum atomic E-state index is -0.777. The summed E-state index contributed by atoms with van der Waals surface area (Å²) in [6.45, 7) is 4.27. The van der Waals surface area contributed by atoms with E-state index in [2.05, 4.69) is 10.3 Å². The van der Waals surface area contributed by atoms with Crippen LogP contribution in [0.4, 0.5) is 10.1 Å². The Balaban J connectivity index is 1.49. The molecule has 6 heteroatoms. The Labute approximate surface area is 180 Å². The van der Waals surface area contributed by atoms with Crippen LogP contribution in [0.25, 0.3) is 11.1 Å². The number of aliphatic hydroxyl groups excluding tert-OH is 1. The SMILES string of the molecule is Cc1cc(CO)cc(C)c1-c1ccc(F)c(CNc2ccc([C@H]3C[C@@H]3C(=O)O)nc2)c1. The van der Waals surface area contributed by atoms with E-state index in [9.17, 15) is 14.3 Å². The van der Waals surface area contributed by atoms with Crippen molar-refractivity contribution >= 4 is 11.7 Å². The highest BCUT2D eigenvalue weighted by Gasteiger charge is 2.45. The van der Waals surface area contributed by atoms with Crippen LogP contribution < -0.4 is 5.32 Å². The monoisotopic (exact) mass is 420 g/mol. The zero-order valence-corrected chi connectivity index (χ0v) is 17.5. The van der Waals surface area contributed by atoms with Gasteiger partial charge in [-0.2, -0.15) is 0 Å². The van der Waals surface area contributed by atoms with Gasteiger partial charge in [-0.15, -0.1) is 0 Å². The lowest BCUT2D eigenvalue weighted by Crippen LogP contribution is -2.04. The number of nitrogens with zero attached hydrogens (tertiary/aromatic N) is 1. The predicted octanol–water partition coefficient (Wildman–Crippen LogP) is 4.80. The molecule has 4 rings (SSSR count). The maximum atomic E-state index is 14.5. The molecule has 2 atom stereocenters. The predicted molar refractivity (Wildman–Crippen MR) is 117 cm³/mol. The van der Waals surface area contributed by atoms with Crippen molar-refractivity contribution in [3.63, 3.8) is 0 Å². The number of carboxylic acid groups (broad SMARTS) is 1. The number of benzene rings is 2. The van der Waals surface area contributed by atoms with E-state index in [1.807, 2.05) is 44.2 Å². The molecule has 3 N–H and O–H groups in total. The molecule has 31 heavy (non-hydrogen) atoms. The van der Waals surface area contributed by atoms with Crippen LogP contribution in [0.5, 0.6) is 0 Å². The summed E-state index contributed by atoms with van der Waals surface area (Å²) < 4.78 is 14.5. The van der Waals surface area contributed by atoms with Gasteiger partial charge in [-0.1, -0.05) is 18.2 Å². The Morgan fingerprint density at radius 1 is 1.16 bits per heavy atom. The molecule has 1 saturated carbocycles. The molecular weight excluding hydrogens is 395 g/mol. The summed E-state index contributed by atoms with van der Waals surface area (Å²) in [5.74, 6) is -1.41. The molecule has 0 radical (unpaired) electrons. The normalized spacial score (nSPS) is 17.4. The van der Waals surface area contributed by atoms with Crippen molar-refractivity contribution in [1.29, 1.82) is 0 Å². The minimum absolute atomic E-state index is 0.00885. The zero-order valence-electron chi connectivity index (χ0n) is 17.5. The second-order valence-corrected chi connectivity index (χ2v) is 8.18. The molecule has 160 valence electrons. The van der Waals surface area contributed by atoms with Crippen LogP contribution in [-0.2, 0) is 17.9 Å². The molecule has 1 aromatic heterocycles. The fourth-order valence-electron chi connectivity index (χ4n) is 4.19. The fraction of sp³-hybridized carbons (Fsp3) is 0.280. The van der Waals surface area contributed by atoms with Gasteiger partial charge in [0.05, 0.1) is 24.4 Å². The molecule has 5 nitrogen and oxygen atoms in total. The van der Waals surface area contributed by atoms with Crippen molar-refractivity contribution in [2.24, 2.45) is 5.92 Å². The molecule has 1 aliphatic rings. The molecule has 1 aliphatic carbocycles. The molecule has 0 unspecified atom stereocenters. The third kappa shape index (κ3) is 4.44. The first-order chi connectivity index (χ1) is 14.9. The second-order valence-electron chi connectivity index (χ2n) is 8.18. The maximum absolute atomic E-state index is 14.5. The van der Waals surface area contributed by atoms with Gasteiger partial charge in [0.2, 0.25) is 0 Å². The molecule has 0 saturated heterocycles. The standard InChI is InChI=1S/C25H25FN2O3/c1-14-7-16(13-29)8-15(2)24(14)17-3-5-22(26)18(9-17)11-27-19-4-6-23(28-12-19)20-10-21(20)25(30)31/h3-9,12,20-21,27,29H,10-11,13H2,1-2H3,(H,30,31)/t20-,21-/m0/s1. The molecular formula is C25H25FN2O3. The summed E-state index contributed by atoms with van der Waals surface area (Å²) in [5.41, 5.74) is 6.98. The molecule has 0 spiro atoms. The van der Waals surface area contributed by atoms with Crippen LogP contribution in [0.2, 0.25) is 0 Å². The number of aliphatic hydroxyl groups is 1. The van der Waals surface area contributed by atoms with Crippen molar-refractivity contribution in [3.05, 3.63) is 82.4 Å². The summed E-state index contributed by atoms with van der Waals surface area (Å²) in [6, 6.07) is 12.7. The molecule has 0 amide bonds. The summed E-state index contributed by atoms with van der Waals surface area (Å²) in [4.78, 5) is 15.4. The van der Waals surface area contributed by atoms with Gasteiger partial charge in [0.1, 0.15) is 5.82 Å². The largest absolute Gasteiger partial charge is 0.481 e. The van der Waals surface area contributed by atoms with Gasteiger partial charge in [0.15, 0.2) is 0 Å². The van der Waals surface area contributed by atoms with Gasteiger partial charge in [-0.25, -0.2) is 4.39 Å². The number of carboxylic acids is 1. The summed E-state index contributed by atoms with van der Waals surface area (Å²) in [5, 5.41) is 21.7. The Morgan fingerprint density at radius 3 is 2.48 bits per heavy atom. The van der Waals surface area contributed by atoms with E-state index in [0.29, 0.717) is 18.5 Å². The lowest BCUT2D eigenvalue weighted by Gasteiger charge is -2.14. The van der Waals surface area contributed by atoms with Gasteiger partial charge in [0, 0.05) is 23.7 Å². The number of aryl methyl sites for hydroxylation is 2. The van der Waals surface area contributed by atoms with Gasteiger partial charge >= 0.3 is 5.97 Å². The highest BCUT2D eigenvalue weighted by molar-refractivity contribution is 5.75. The number of halogens is 1. The number of hydrogen-bond acceptors (Lipinski definition) is 4. The van der Waals surface area contributed by atoms with Crippen molar-refractivity contribution in [1.82, 2.24) is 4.98 Å². The highest BCUT2D eigenvalue weighted by atomic mass is 19.1. The van der Waals surface area contributed by atoms with Gasteiger partial charge < -0.3 is 15.5 Å². The van der Waals surface area contributed by atoms with E-state index in [-0.39, 0.29) is 24.3 Å². The molecule has 0 aliphatic heterocycles. The summed E-state index contributed by atoms with van der Waals surface area (Å²) >= 11 is 0. The van der Waals surface area contributed by atoms with E-state index in [4.69, 9.17) is 5.11 Å². The van der Waals surface area contributed by atoms with Crippen LogP contribution in [0.1, 0.15) is 40.3 Å². The van der Waals surface area contributed by atoms with Crippen molar-refractivity contribution < 1.29 is 19.4 Å². The minimum Gasteiger partial charge on any atom is -0.481 e. The fourth-order valence-corrected chi connectivity index (χ4v) is 4.19. The van der Waals surface area contributed by atoms with Crippen LogP contribution in [-0.4, -0.2) is 21.2 Å². The molecule has 1 fully saturated rings. The van der Waals surface area contributed by atoms with Gasteiger partial charge in [-0.3, -0.25) is 9.78 Å². The van der Waals surface area contributed by atoms with E-state index in [1.54, 1.807) is 12.3 Å². The number of rotatable bonds is 7. The number of aromatic nitrogens is 1. The van der Waals surface area contributed by atoms with Crippen molar-refractivity contribution in [3.8, 4) is 11.1 Å². The molecule has 0 bridgehead atoms. The van der Waals surface area contributed by atoms with E-state index in [1.165, 1.54) is 6.07 Å². The van der Waals surface area contributed by atoms with Crippen LogP contribution in [0, 0.1) is 25.6 Å². The number of hydrogen-bond donors (Lipinski definition) is 3. The first kappa shape index (κ1) is 21.0. The second kappa shape index (κ2) is 8.47. The smallest absolute Gasteiger partial charge is 0.307 e. The van der Waals surface area contributed by atoms with E-state index in [0.717, 1.165) is 39.2 Å². The first-order valence-electron chi connectivity index (χ1n) is 10.3. The average Bonchev–Trinajstić information content (AvgIpc) is 3.55. The average molecular weight is 420 g/mol. The maximum Gasteiger partial charge on any atom is 0.307 e. The Kier molecular flexibility index (Phi) is 5.74. The number of carbonyl (C=O) groups is 1. The van der Waals surface area contributed by atoms with Gasteiger partial charge in [0.25, 0.3) is 0 Å². The number of nitrogens with one attached hydrogen (secondary N) is 1. The Bertz CT molecular complexity index is 1110. The quantitative estimate of drug-likeness (QED) is 0.512. The van der Waals surface area contributed by atoms with Gasteiger partial charge in [-0.05, 0) is 72.4 Å². The van der Waals surface area contributed by atoms with Crippen LogP contribution in [0.3, 0.4) is 0 Å². The number of pyridine rings is 1. The Morgan fingerprint density at radius 2 is 1.90 bits per heavy atom. The number of anilines is 1. The first-order valence-corrected chi connectivity index (χ1v) is 10.3. The summed E-state index contributed by atoms with van der Waals surface area (Å²) in [7, 11) is 0. The van der Waals surface area contributed by atoms with Crippen LogP contribution in [0.15, 0.2) is 48.7 Å². The topological polar surface area (TPSA) is 82.5 Å². The van der Waals surface area contributed by atoms with E-state index < -0.39 is 5.97 Å².